The Morgan fingerprint density at radius 3 is 1.88 bits per heavy atom. The minimum Gasteiger partial charge on any atom is -0.394 e. The maximum Gasteiger partial charge on any atom is 0.187 e. The molecular weight excluding hydrogens is 328 g/mol. The molecule has 24 heavy (non-hydrogen) atoms. The van der Waals surface area contributed by atoms with E-state index in [1.54, 1.807) is 6.92 Å². The normalized spacial score (nSPS) is 50.0. The molecule has 0 aliphatic carbocycles. The van der Waals surface area contributed by atoms with E-state index in [1.807, 2.05) is 0 Å². The molecule has 10 heteroatoms. The lowest BCUT2D eigenvalue weighted by Gasteiger charge is -2.46. The van der Waals surface area contributed by atoms with E-state index in [9.17, 15) is 30.6 Å². The van der Waals surface area contributed by atoms with Gasteiger partial charge < -0.3 is 49.6 Å². The SMILES string of the molecule is COC1C(O)C(CO)OC(OC2C(O)C(C)OC(CO)C2O)C1O. The van der Waals surface area contributed by atoms with Gasteiger partial charge in [-0.1, -0.05) is 0 Å². The van der Waals surface area contributed by atoms with Gasteiger partial charge >= 0.3 is 0 Å². The Kier molecular flexibility index (Phi) is 6.90. The van der Waals surface area contributed by atoms with Gasteiger partial charge in [0.2, 0.25) is 0 Å². The van der Waals surface area contributed by atoms with Crippen molar-refractivity contribution in [1.82, 2.24) is 0 Å². The van der Waals surface area contributed by atoms with Gasteiger partial charge in [0.15, 0.2) is 6.29 Å². The van der Waals surface area contributed by atoms with E-state index >= 15 is 0 Å². The van der Waals surface area contributed by atoms with Crippen LogP contribution in [-0.2, 0) is 18.9 Å². The molecule has 10 nitrogen and oxygen atoms in total. The first-order valence-electron chi connectivity index (χ1n) is 7.78. The molecule has 0 radical (unpaired) electrons. The van der Waals surface area contributed by atoms with Gasteiger partial charge in [-0.15, -0.1) is 0 Å². The average Bonchev–Trinajstić information content (AvgIpc) is 2.57. The zero-order chi connectivity index (χ0) is 18.0. The van der Waals surface area contributed by atoms with Crippen molar-refractivity contribution in [2.45, 2.75) is 68.1 Å². The number of methoxy groups -OCH3 is 1. The summed E-state index contributed by atoms with van der Waals surface area (Å²) in [5.74, 6) is 0. The van der Waals surface area contributed by atoms with Crippen LogP contribution in [0.4, 0.5) is 0 Å². The molecule has 142 valence electrons. The molecule has 6 N–H and O–H groups in total. The third-order valence-corrected chi connectivity index (χ3v) is 4.49. The highest BCUT2D eigenvalue weighted by Gasteiger charge is 2.50. The molecule has 0 aromatic rings. The van der Waals surface area contributed by atoms with Crippen LogP contribution in [0.2, 0.25) is 0 Å². The molecule has 2 aliphatic heterocycles. The largest absolute Gasteiger partial charge is 0.394 e. The number of aliphatic hydroxyl groups excluding tert-OH is 6. The van der Waals surface area contributed by atoms with Crippen LogP contribution in [-0.4, -0.2) is 112 Å². The summed E-state index contributed by atoms with van der Waals surface area (Å²) < 4.78 is 21.1. The summed E-state index contributed by atoms with van der Waals surface area (Å²) in [6.45, 7) is 0.527. The Hall–Kier alpha value is -0.400. The van der Waals surface area contributed by atoms with Gasteiger partial charge in [-0.3, -0.25) is 0 Å². The number of hydrogen-bond donors (Lipinski definition) is 6. The first-order chi connectivity index (χ1) is 11.3. The van der Waals surface area contributed by atoms with Crippen molar-refractivity contribution in [3.05, 3.63) is 0 Å². The lowest BCUT2D eigenvalue weighted by atomic mass is 9.95. The quantitative estimate of drug-likeness (QED) is 0.290. The molecule has 0 saturated carbocycles. The molecule has 0 bridgehead atoms. The van der Waals surface area contributed by atoms with Gasteiger partial charge in [-0.25, -0.2) is 0 Å². The molecule has 0 spiro atoms. The van der Waals surface area contributed by atoms with Crippen LogP contribution < -0.4 is 0 Å². The maximum atomic E-state index is 10.2. The Labute approximate surface area is 139 Å². The highest BCUT2D eigenvalue weighted by Crippen LogP contribution is 2.29. The van der Waals surface area contributed by atoms with E-state index in [0.29, 0.717) is 0 Å². The smallest absolute Gasteiger partial charge is 0.187 e. The molecule has 0 amide bonds. The summed E-state index contributed by atoms with van der Waals surface area (Å²) in [6, 6.07) is 0. The fourth-order valence-electron chi connectivity index (χ4n) is 3.03. The monoisotopic (exact) mass is 354 g/mol. The summed E-state index contributed by atoms with van der Waals surface area (Å²) in [5.41, 5.74) is 0. The summed E-state index contributed by atoms with van der Waals surface area (Å²) in [7, 11) is 1.27. The van der Waals surface area contributed by atoms with Gasteiger partial charge in [0, 0.05) is 7.11 Å². The van der Waals surface area contributed by atoms with Crippen LogP contribution in [0.1, 0.15) is 6.92 Å². The molecule has 2 heterocycles. The van der Waals surface area contributed by atoms with Crippen LogP contribution in [0, 0.1) is 0 Å². The molecule has 0 aromatic carbocycles. The minimum atomic E-state index is -1.42. The maximum absolute atomic E-state index is 10.2. The van der Waals surface area contributed by atoms with Crippen molar-refractivity contribution in [1.29, 1.82) is 0 Å². The second-order valence-electron chi connectivity index (χ2n) is 6.05. The van der Waals surface area contributed by atoms with Crippen molar-refractivity contribution >= 4 is 0 Å². The Balaban J connectivity index is 2.14. The zero-order valence-electron chi connectivity index (χ0n) is 13.5. The van der Waals surface area contributed by atoms with Crippen molar-refractivity contribution in [2.75, 3.05) is 20.3 Å². The van der Waals surface area contributed by atoms with Crippen LogP contribution in [0.15, 0.2) is 0 Å². The fourth-order valence-corrected chi connectivity index (χ4v) is 3.03. The van der Waals surface area contributed by atoms with Gasteiger partial charge in [0.05, 0.1) is 19.3 Å². The summed E-state index contributed by atoms with van der Waals surface area (Å²) in [6.07, 6.45) is -11.7. The lowest BCUT2D eigenvalue weighted by molar-refractivity contribution is -0.342. The van der Waals surface area contributed by atoms with Gasteiger partial charge in [-0.2, -0.15) is 0 Å². The van der Waals surface area contributed by atoms with E-state index in [4.69, 9.17) is 18.9 Å². The Bertz CT molecular complexity index is 396. The van der Waals surface area contributed by atoms with E-state index in [2.05, 4.69) is 0 Å². The molecule has 0 aromatic heterocycles. The third-order valence-electron chi connectivity index (χ3n) is 4.49. The first-order valence-corrected chi connectivity index (χ1v) is 7.78. The summed E-state index contributed by atoms with van der Waals surface area (Å²) >= 11 is 0. The highest BCUT2D eigenvalue weighted by atomic mass is 16.7. The second kappa shape index (κ2) is 8.32. The molecule has 10 atom stereocenters. The predicted octanol–water partition coefficient (Wildman–Crippen LogP) is -3.67. The molecular formula is C14H26O10. The number of aliphatic hydroxyl groups is 6. The van der Waals surface area contributed by atoms with Crippen molar-refractivity contribution in [3.63, 3.8) is 0 Å². The van der Waals surface area contributed by atoms with Gasteiger partial charge in [0.25, 0.3) is 0 Å². The van der Waals surface area contributed by atoms with Crippen molar-refractivity contribution in [2.24, 2.45) is 0 Å². The van der Waals surface area contributed by atoms with Crippen LogP contribution in [0.5, 0.6) is 0 Å². The van der Waals surface area contributed by atoms with Crippen LogP contribution in [0.25, 0.3) is 0 Å². The molecule has 2 saturated heterocycles. The molecule has 2 aliphatic rings. The van der Waals surface area contributed by atoms with Crippen molar-refractivity contribution in [3.8, 4) is 0 Å². The molecule has 2 rings (SSSR count). The van der Waals surface area contributed by atoms with Gasteiger partial charge in [0.1, 0.15) is 48.8 Å². The summed E-state index contributed by atoms with van der Waals surface area (Å²) in [4.78, 5) is 0. The standard InChI is InChI=1S/C14H26O10/c1-5-8(17)13(10(19)6(3-15)22-5)24-14-11(20)12(21-2)9(18)7(4-16)23-14/h5-20H,3-4H2,1-2H3. The average molecular weight is 354 g/mol. The van der Waals surface area contributed by atoms with E-state index in [0.717, 1.165) is 0 Å². The third kappa shape index (κ3) is 3.73. The highest BCUT2D eigenvalue weighted by molar-refractivity contribution is 4.95. The van der Waals surface area contributed by atoms with E-state index < -0.39 is 74.4 Å². The minimum absolute atomic E-state index is 0.481. The second-order valence-corrected chi connectivity index (χ2v) is 6.05. The number of rotatable bonds is 5. The summed E-state index contributed by atoms with van der Waals surface area (Å²) in [5, 5.41) is 59.1. The van der Waals surface area contributed by atoms with Crippen LogP contribution in [0.3, 0.4) is 0 Å². The van der Waals surface area contributed by atoms with Gasteiger partial charge in [-0.05, 0) is 6.92 Å². The molecule has 10 unspecified atom stereocenters. The van der Waals surface area contributed by atoms with E-state index in [-0.39, 0.29) is 0 Å². The predicted molar refractivity (Wildman–Crippen MR) is 76.9 cm³/mol. The lowest BCUT2D eigenvalue weighted by Crippen LogP contribution is -2.64. The van der Waals surface area contributed by atoms with E-state index in [1.165, 1.54) is 7.11 Å². The number of hydrogen-bond acceptors (Lipinski definition) is 10. The molecule has 2 fully saturated rings. The zero-order valence-corrected chi connectivity index (χ0v) is 13.5. The number of ether oxygens (including phenoxy) is 4. The Morgan fingerprint density at radius 1 is 0.792 bits per heavy atom. The first kappa shape index (κ1) is 19.9. The Morgan fingerprint density at radius 2 is 1.33 bits per heavy atom. The van der Waals surface area contributed by atoms with Crippen LogP contribution >= 0.6 is 0 Å². The van der Waals surface area contributed by atoms with Crippen molar-refractivity contribution < 1.29 is 49.6 Å². The fraction of sp³-hybridized carbons (Fsp3) is 1.00. The topological polar surface area (TPSA) is 158 Å².